The van der Waals surface area contributed by atoms with Gasteiger partial charge in [0.1, 0.15) is 11.2 Å². The van der Waals surface area contributed by atoms with Gasteiger partial charge in [-0.15, -0.1) is 0 Å². The van der Waals surface area contributed by atoms with Crippen LogP contribution in [0.15, 0.2) is 24.3 Å². The number of hydrogen-bond acceptors (Lipinski definition) is 3. The van der Waals surface area contributed by atoms with Crippen LogP contribution in [0.1, 0.15) is 12.8 Å². The van der Waals surface area contributed by atoms with Gasteiger partial charge in [-0.3, -0.25) is 4.79 Å². The van der Waals surface area contributed by atoms with Gasteiger partial charge in [0.15, 0.2) is 0 Å². The van der Waals surface area contributed by atoms with E-state index in [1.165, 1.54) is 4.90 Å². The number of anilines is 1. The Kier molecular flexibility index (Phi) is 2.76. The second-order valence-electron chi connectivity index (χ2n) is 4.26. The van der Waals surface area contributed by atoms with Gasteiger partial charge in [0, 0.05) is 18.8 Å². The van der Waals surface area contributed by atoms with Crippen LogP contribution in [-0.4, -0.2) is 20.1 Å². The van der Waals surface area contributed by atoms with Crippen molar-refractivity contribution in [3.05, 3.63) is 24.3 Å². The highest BCUT2D eigenvalue weighted by molar-refractivity contribution is 6.00. The standard InChI is InChI=1S/C13H14N2O2/c1-15(12(16)13(9-14)6-7-13)10-4-3-5-11(8-10)17-2/h3-5,8H,6-7H2,1-2H3. The summed E-state index contributed by atoms with van der Waals surface area (Å²) in [4.78, 5) is 13.6. The molecule has 0 unspecified atom stereocenters. The molecule has 17 heavy (non-hydrogen) atoms. The third kappa shape index (κ3) is 1.96. The lowest BCUT2D eigenvalue weighted by Gasteiger charge is -2.20. The summed E-state index contributed by atoms with van der Waals surface area (Å²) >= 11 is 0. The summed E-state index contributed by atoms with van der Waals surface area (Å²) in [6.07, 6.45) is 1.33. The van der Waals surface area contributed by atoms with E-state index in [9.17, 15) is 4.79 Å². The lowest BCUT2D eigenvalue weighted by molar-refractivity contribution is -0.121. The molecule has 2 rings (SSSR count). The van der Waals surface area contributed by atoms with Crippen molar-refractivity contribution in [3.8, 4) is 11.8 Å². The number of nitrogens with zero attached hydrogens (tertiary/aromatic N) is 2. The Labute approximate surface area is 100 Å². The Bertz CT molecular complexity index is 486. The largest absolute Gasteiger partial charge is 0.497 e. The zero-order chi connectivity index (χ0) is 12.5. The maximum atomic E-state index is 12.1. The summed E-state index contributed by atoms with van der Waals surface area (Å²) in [6.45, 7) is 0. The number of hydrogen-bond donors (Lipinski definition) is 0. The van der Waals surface area contributed by atoms with E-state index in [1.807, 2.05) is 18.2 Å². The van der Waals surface area contributed by atoms with E-state index in [4.69, 9.17) is 10.00 Å². The van der Waals surface area contributed by atoms with Gasteiger partial charge in [-0.2, -0.15) is 5.26 Å². The molecule has 0 bridgehead atoms. The van der Waals surface area contributed by atoms with Crippen LogP contribution in [0.25, 0.3) is 0 Å². The molecule has 88 valence electrons. The molecule has 0 spiro atoms. The normalized spacial score (nSPS) is 15.8. The van der Waals surface area contributed by atoms with Gasteiger partial charge in [0.25, 0.3) is 0 Å². The number of methoxy groups -OCH3 is 1. The summed E-state index contributed by atoms with van der Waals surface area (Å²) in [5, 5.41) is 9.00. The zero-order valence-corrected chi connectivity index (χ0v) is 9.93. The van der Waals surface area contributed by atoms with Crippen molar-refractivity contribution >= 4 is 11.6 Å². The maximum absolute atomic E-state index is 12.1. The monoisotopic (exact) mass is 230 g/mol. The first-order valence-electron chi connectivity index (χ1n) is 5.46. The molecule has 1 aliphatic rings. The smallest absolute Gasteiger partial charge is 0.247 e. The van der Waals surface area contributed by atoms with Crippen molar-refractivity contribution in [2.45, 2.75) is 12.8 Å². The first-order valence-corrected chi connectivity index (χ1v) is 5.46. The van der Waals surface area contributed by atoms with Crippen molar-refractivity contribution in [1.82, 2.24) is 0 Å². The molecular formula is C13H14N2O2. The van der Waals surface area contributed by atoms with E-state index in [-0.39, 0.29) is 5.91 Å². The lowest BCUT2D eigenvalue weighted by Crippen LogP contribution is -2.33. The molecule has 0 heterocycles. The predicted octanol–water partition coefficient (Wildman–Crippen LogP) is 1.96. The fourth-order valence-corrected chi connectivity index (χ4v) is 1.76. The highest BCUT2D eigenvalue weighted by Gasteiger charge is 2.52. The number of carbonyl (C=O) groups is 1. The van der Waals surface area contributed by atoms with Crippen LogP contribution < -0.4 is 9.64 Å². The van der Waals surface area contributed by atoms with Crippen LogP contribution in [-0.2, 0) is 4.79 Å². The van der Waals surface area contributed by atoms with E-state index in [0.29, 0.717) is 18.6 Å². The SMILES string of the molecule is COc1cccc(N(C)C(=O)C2(C#N)CC2)c1. The summed E-state index contributed by atoms with van der Waals surface area (Å²) < 4.78 is 5.11. The Morgan fingerprint density at radius 3 is 2.76 bits per heavy atom. The second kappa shape index (κ2) is 4.10. The minimum atomic E-state index is -0.780. The van der Waals surface area contributed by atoms with Gasteiger partial charge in [-0.25, -0.2) is 0 Å². The Balaban J connectivity index is 2.22. The number of amides is 1. The van der Waals surface area contributed by atoms with Gasteiger partial charge in [0.05, 0.1) is 13.2 Å². The number of nitriles is 1. The number of rotatable bonds is 3. The third-order valence-electron chi connectivity index (χ3n) is 3.12. The molecule has 1 aromatic carbocycles. The fraction of sp³-hybridized carbons (Fsp3) is 0.385. The number of ether oxygens (including phenoxy) is 1. The predicted molar refractivity (Wildman–Crippen MR) is 63.7 cm³/mol. The van der Waals surface area contributed by atoms with E-state index < -0.39 is 5.41 Å². The van der Waals surface area contributed by atoms with Crippen LogP contribution in [0.3, 0.4) is 0 Å². The number of carbonyl (C=O) groups excluding carboxylic acids is 1. The quantitative estimate of drug-likeness (QED) is 0.797. The Morgan fingerprint density at radius 2 is 2.24 bits per heavy atom. The van der Waals surface area contributed by atoms with Crippen LogP contribution in [0.4, 0.5) is 5.69 Å². The molecule has 1 amide bonds. The lowest BCUT2D eigenvalue weighted by atomic mass is 10.1. The molecule has 0 N–H and O–H groups in total. The maximum Gasteiger partial charge on any atom is 0.247 e. The molecule has 4 heteroatoms. The van der Waals surface area contributed by atoms with E-state index >= 15 is 0 Å². The first-order chi connectivity index (χ1) is 8.13. The highest BCUT2D eigenvalue weighted by Crippen LogP contribution is 2.46. The molecule has 0 atom stereocenters. The zero-order valence-electron chi connectivity index (χ0n) is 9.93. The first kappa shape index (κ1) is 11.5. The minimum absolute atomic E-state index is 0.131. The van der Waals surface area contributed by atoms with Crippen LogP contribution in [0.5, 0.6) is 5.75 Å². The van der Waals surface area contributed by atoms with Crippen molar-refractivity contribution in [1.29, 1.82) is 5.26 Å². The fourth-order valence-electron chi connectivity index (χ4n) is 1.76. The van der Waals surface area contributed by atoms with Gasteiger partial charge >= 0.3 is 0 Å². The van der Waals surface area contributed by atoms with Gasteiger partial charge < -0.3 is 9.64 Å². The van der Waals surface area contributed by atoms with Gasteiger partial charge in [-0.05, 0) is 25.0 Å². The summed E-state index contributed by atoms with van der Waals surface area (Å²) in [5.41, 5.74) is -0.0338. The van der Waals surface area contributed by atoms with Gasteiger partial charge in [0.2, 0.25) is 5.91 Å². The van der Waals surface area contributed by atoms with Crippen LogP contribution in [0.2, 0.25) is 0 Å². The number of benzene rings is 1. The molecule has 0 saturated heterocycles. The van der Waals surface area contributed by atoms with E-state index in [2.05, 4.69) is 6.07 Å². The average Bonchev–Trinajstić information content (AvgIpc) is 3.18. The molecule has 0 radical (unpaired) electrons. The van der Waals surface area contributed by atoms with Crippen LogP contribution >= 0.6 is 0 Å². The highest BCUT2D eigenvalue weighted by atomic mass is 16.5. The molecule has 1 saturated carbocycles. The Morgan fingerprint density at radius 1 is 1.53 bits per heavy atom. The average molecular weight is 230 g/mol. The molecule has 0 aromatic heterocycles. The van der Waals surface area contributed by atoms with Crippen molar-refractivity contribution in [3.63, 3.8) is 0 Å². The molecule has 4 nitrogen and oxygen atoms in total. The molecule has 1 aromatic rings. The second-order valence-corrected chi connectivity index (χ2v) is 4.26. The molecule has 1 fully saturated rings. The molecule has 0 aliphatic heterocycles. The summed E-state index contributed by atoms with van der Waals surface area (Å²) in [6, 6.07) is 9.36. The van der Waals surface area contributed by atoms with E-state index in [0.717, 1.165) is 5.69 Å². The third-order valence-corrected chi connectivity index (χ3v) is 3.12. The summed E-state index contributed by atoms with van der Waals surface area (Å²) in [7, 11) is 3.27. The van der Waals surface area contributed by atoms with Crippen molar-refractivity contribution < 1.29 is 9.53 Å². The van der Waals surface area contributed by atoms with Crippen molar-refractivity contribution in [2.24, 2.45) is 5.41 Å². The van der Waals surface area contributed by atoms with Crippen molar-refractivity contribution in [2.75, 3.05) is 19.1 Å². The molecular weight excluding hydrogens is 216 g/mol. The van der Waals surface area contributed by atoms with Crippen LogP contribution in [0, 0.1) is 16.7 Å². The van der Waals surface area contributed by atoms with E-state index in [1.54, 1.807) is 20.2 Å². The van der Waals surface area contributed by atoms with Gasteiger partial charge in [-0.1, -0.05) is 6.07 Å². The topological polar surface area (TPSA) is 53.3 Å². The minimum Gasteiger partial charge on any atom is -0.497 e. The summed E-state index contributed by atoms with van der Waals surface area (Å²) in [5.74, 6) is 0.567. The molecule has 1 aliphatic carbocycles. The Hall–Kier alpha value is -2.02.